The summed E-state index contributed by atoms with van der Waals surface area (Å²) in [5, 5.41) is 3.74. The summed E-state index contributed by atoms with van der Waals surface area (Å²) in [4.78, 5) is 4.41. The first-order valence-corrected chi connectivity index (χ1v) is 6.86. The summed E-state index contributed by atoms with van der Waals surface area (Å²) in [5.74, 6) is -0.967. The third-order valence-electron chi connectivity index (χ3n) is 3.35. The van der Waals surface area contributed by atoms with Crippen molar-refractivity contribution in [1.29, 1.82) is 0 Å². The van der Waals surface area contributed by atoms with Crippen molar-refractivity contribution in [3.8, 4) is 5.69 Å². The third kappa shape index (κ3) is 2.01. The molecule has 0 aliphatic rings. The van der Waals surface area contributed by atoms with Crippen LogP contribution >= 0.6 is 11.6 Å². The second-order valence-electron chi connectivity index (χ2n) is 4.87. The summed E-state index contributed by atoms with van der Waals surface area (Å²) < 4.78 is 31.3. The second-order valence-corrected chi connectivity index (χ2v) is 5.53. The van der Waals surface area contributed by atoms with E-state index in [4.69, 9.17) is 11.6 Å². The van der Waals surface area contributed by atoms with Gasteiger partial charge < -0.3 is 0 Å². The van der Waals surface area contributed by atoms with Gasteiger partial charge in [-0.1, -0.05) is 6.07 Å². The number of hydrogen-bond acceptors (Lipinski definition) is 2. The molecule has 1 aromatic carbocycles. The quantitative estimate of drug-likeness (QED) is 0.677. The lowest BCUT2D eigenvalue weighted by atomic mass is 10.2. The molecule has 7 heteroatoms. The number of para-hydroxylation sites is 1. The number of benzene rings is 1. The Hall–Kier alpha value is -1.95. The van der Waals surface area contributed by atoms with Crippen molar-refractivity contribution in [3.63, 3.8) is 0 Å². The molecular formula is C14H13ClF2N4. The predicted molar refractivity (Wildman–Crippen MR) is 76.8 cm³/mol. The van der Waals surface area contributed by atoms with Crippen molar-refractivity contribution in [2.45, 2.75) is 19.2 Å². The van der Waals surface area contributed by atoms with Crippen molar-refractivity contribution in [2.75, 3.05) is 0 Å². The minimum Gasteiger partial charge on any atom is -0.274 e. The van der Waals surface area contributed by atoms with E-state index in [1.807, 2.05) is 0 Å². The van der Waals surface area contributed by atoms with Crippen LogP contribution in [-0.2, 0) is 7.05 Å². The number of aromatic nitrogens is 4. The van der Waals surface area contributed by atoms with Gasteiger partial charge in [-0.05, 0) is 26.0 Å². The number of imidazole rings is 1. The Morgan fingerprint density at radius 2 is 1.86 bits per heavy atom. The van der Waals surface area contributed by atoms with Crippen LogP contribution in [0.2, 0.25) is 0 Å². The molecule has 0 aliphatic heterocycles. The highest BCUT2D eigenvalue weighted by molar-refractivity contribution is 6.20. The van der Waals surface area contributed by atoms with Gasteiger partial charge in [0.15, 0.2) is 5.65 Å². The first-order chi connectivity index (χ1) is 9.91. The van der Waals surface area contributed by atoms with E-state index in [1.165, 1.54) is 22.8 Å². The fraction of sp³-hybridized carbons (Fsp3) is 0.286. The van der Waals surface area contributed by atoms with Crippen LogP contribution in [0.5, 0.6) is 0 Å². The average molecular weight is 311 g/mol. The van der Waals surface area contributed by atoms with Crippen LogP contribution in [-0.4, -0.2) is 19.3 Å². The molecule has 0 radical (unpaired) electrons. The Morgan fingerprint density at radius 3 is 2.43 bits per heavy atom. The van der Waals surface area contributed by atoms with Crippen LogP contribution in [0.3, 0.4) is 0 Å². The molecule has 1 unspecified atom stereocenters. The molecule has 0 aliphatic carbocycles. The molecule has 0 amide bonds. The molecule has 0 bridgehead atoms. The van der Waals surface area contributed by atoms with E-state index in [0.29, 0.717) is 22.7 Å². The maximum atomic E-state index is 14.2. The van der Waals surface area contributed by atoms with E-state index in [-0.39, 0.29) is 5.69 Å². The number of alkyl halides is 1. The molecule has 3 aromatic rings. The first-order valence-electron chi connectivity index (χ1n) is 6.42. The molecule has 1 atom stereocenters. The zero-order valence-corrected chi connectivity index (χ0v) is 12.5. The summed E-state index contributed by atoms with van der Waals surface area (Å²) in [5.41, 5.74) is 1.59. The fourth-order valence-corrected chi connectivity index (χ4v) is 2.63. The highest BCUT2D eigenvalue weighted by Crippen LogP contribution is 2.31. The van der Waals surface area contributed by atoms with E-state index in [0.717, 1.165) is 0 Å². The molecular weight excluding hydrogens is 298 g/mol. The SMILES string of the molecule is Cc1nn(C)c2c1nc(C(C)Cl)n2-c1c(F)cccc1F. The van der Waals surface area contributed by atoms with Crippen LogP contribution < -0.4 is 0 Å². The van der Waals surface area contributed by atoms with Gasteiger partial charge in [0.2, 0.25) is 0 Å². The molecule has 4 nitrogen and oxygen atoms in total. The molecule has 2 heterocycles. The van der Waals surface area contributed by atoms with Gasteiger partial charge in [-0.2, -0.15) is 5.10 Å². The van der Waals surface area contributed by atoms with Crippen molar-refractivity contribution >= 4 is 22.8 Å². The van der Waals surface area contributed by atoms with Crippen LogP contribution in [0.25, 0.3) is 16.9 Å². The van der Waals surface area contributed by atoms with Crippen molar-refractivity contribution in [1.82, 2.24) is 19.3 Å². The Kier molecular flexibility index (Phi) is 3.20. The number of aryl methyl sites for hydroxylation is 2. The predicted octanol–water partition coefficient (Wildman–Crippen LogP) is 3.65. The van der Waals surface area contributed by atoms with E-state index in [1.54, 1.807) is 25.6 Å². The molecule has 110 valence electrons. The zero-order valence-electron chi connectivity index (χ0n) is 11.7. The molecule has 0 N–H and O–H groups in total. The smallest absolute Gasteiger partial charge is 0.163 e. The molecule has 3 rings (SSSR count). The fourth-order valence-electron chi connectivity index (χ4n) is 2.48. The minimum absolute atomic E-state index is 0.189. The third-order valence-corrected chi connectivity index (χ3v) is 3.54. The zero-order chi connectivity index (χ0) is 15.3. The lowest BCUT2D eigenvalue weighted by Crippen LogP contribution is -2.09. The van der Waals surface area contributed by atoms with Gasteiger partial charge in [0, 0.05) is 7.05 Å². The molecule has 21 heavy (non-hydrogen) atoms. The summed E-state index contributed by atoms with van der Waals surface area (Å²) in [6, 6.07) is 3.73. The van der Waals surface area contributed by atoms with Crippen LogP contribution in [0, 0.1) is 18.6 Å². The number of halogens is 3. The van der Waals surface area contributed by atoms with Gasteiger partial charge in [-0.25, -0.2) is 18.4 Å². The summed E-state index contributed by atoms with van der Waals surface area (Å²) in [6.45, 7) is 3.50. The Balaban J connectivity index is 2.48. The minimum atomic E-state index is -0.674. The molecule has 0 saturated heterocycles. The normalized spacial score (nSPS) is 13.0. The van der Waals surface area contributed by atoms with Crippen molar-refractivity contribution < 1.29 is 8.78 Å². The van der Waals surface area contributed by atoms with Gasteiger partial charge in [-0.15, -0.1) is 11.6 Å². The van der Waals surface area contributed by atoms with Gasteiger partial charge in [0.25, 0.3) is 0 Å². The second kappa shape index (κ2) is 4.80. The number of fused-ring (bicyclic) bond motifs is 1. The first kappa shape index (κ1) is 14.0. The van der Waals surface area contributed by atoms with Gasteiger partial charge >= 0.3 is 0 Å². The number of rotatable bonds is 2. The van der Waals surface area contributed by atoms with Gasteiger partial charge in [-0.3, -0.25) is 4.57 Å². The standard InChI is InChI=1S/C14H13ClF2N4/c1-7(15)13-18-11-8(2)19-20(3)14(11)21(13)12-9(16)5-4-6-10(12)17/h4-7H,1-3H3. The highest BCUT2D eigenvalue weighted by atomic mass is 35.5. The summed E-state index contributed by atoms with van der Waals surface area (Å²) >= 11 is 6.14. The maximum absolute atomic E-state index is 14.2. The molecule has 0 fully saturated rings. The largest absolute Gasteiger partial charge is 0.274 e. The topological polar surface area (TPSA) is 35.6 Å². The highest BCUT2D eigenvalue weighted by Gasteiger charge is 2.24. The van der Waals surface area contributed by atoms with Crippen LogP contribution in [0.15, 0.2) is 18.2 Å². The Bertz CT molecular complexity index is 815. The molecule has 0 spiro atoms. The summed E-state index contributed by atoms with van der Waals surface area (Å²) in [6.07, 6.45) is 0. The van der Waals surface area contributed by atoms with E-state index < -0.39 is 17.0 Å². The Labute approximate surface area is 125 Å². The van der Waals surface area contributed by atoms with E-state index in [9.17, 15) is 8.78 Å². The van der Waals surface area contributed by atoms with E-state index in [2.05, 4.69) is 10.1 Å². The van der Waals surface area contributed by atoms with Gasteiger partial charge in [0.05, 0.1) is 11.1 Å². The average Bonchev–Trinajstić information content (AvgIpc) is 2.90. The number of nitrogens with zero attached hydrogens (tertiary/aromatic N) is 4. The van der Waals surface area contributed by atoms with Gasteiger partial charge in [0.1, 0.15) is 28.7 Å². The lowest BCUT2D eigenvalue weighted by Gasteiger charge is -2.12. The van der Waals surface area contributed by atoms with Crippen molar-refractivity contribution in [3.05, 3.63) is 41.4 Å². The Morgan fingerprint density at radius 1 is 1.24 bits per heavy atom. The maximum Gasteiger partial charge on any atom is 0.163 e. The van der Waals surface area contributed by atoms with Crippen LogP contribution in [0.4, 0.5) is 8.78 Å². The molecule has 2 aromatic heterocycles. The van der Waals surface area contributed by atoms with E-state index >= 15 is 0 Å². The summed E-state index contributed by atoms with van der Waals surface area (Å²) in [7, 11) is 1.70. The van der Waals surface area contributed by atoms with Crippen LogP contribution in [0.1, 0.15) is 23.8 Å². The lowest BCUT2D eigenvalue weighted by molar-refractivity contribution is 0.565. The number of hydrogen-bond donors (Lipinski definition) is 0. The van der Waals surface area contributed by atoms with Crippen molar-refractivity contribution in [2.24, 2.45) is 7.05 Å². The monoisotopic (exact) mass is 310 g/mol. The molecule has 0 saturated carbocycles.